The van der Waals surface area contributed by atoms with Crippen molar-refractivity contribution in [2.45, 2.75) is 6.10 Å². The normalized spacial score (nSPS) is 13.0. The largest absolute Gasteiger partial charge is 0.386 e. The zero-order chi connectivity index (χ0) is 9.14. The Hall–Kier alpha value is -0.310. The summed E-state index contributed by atoms with van der Waals surface area (Å²) in [5.41, 5.74) is 0.364. The van der Waals surface area contributed by atoms with Crippen LogP contribution in [0.1, 0.15) is 11.7 Å². The number of aliphatic hydroxyl groups excluding tert-OH is 1. The number of hydrogen-bond acceptors (Lipinski definition) is 1. The summed E-state index contributed by atoms with van der Waals surface area (Å²) in [5.74, 6) is 0. The van der Waals surface area contributed by atoms with Crippen molar-refractivity contribution < 1.29 is 9.50 Å². The van der Waals surface area contributed by atoms with Crippen LogP contribution in [0.15, 0.2) is 18.2 Å². The van der Waals surface area contributed by atoms with Gasteiger partial charge in [-0.25, -0.2) is 4.39 Å². The standard InChI is InChI=1S/C8H7Cl2FO/c9-5-1-2-6(7(10)3-5)8(12)4-11/h1-3,8,12H,4H2. The van der Waals surface area contributed by atoms with Gasteiger partial charge in [0.05, 0.1) is 0 Å². The number of halogens is 3. The fourth-order valence-electron chi connectivity index (χ4n) is 0.855. The highest BCUT2D eigenvalue weighted by Crippen LogP contribution is 2.26. The zero-order valence-corrected chi connectivity index (χ0v) is 7.61. The van der Waals surface area contributed by atoms with Gasteiger partial charge >= 0.3 is 0 Å². The van der Waals surface area contributed by atoms with Gasteiger partial charge in [0.2, 0.25) is 0 Å². The fourth-order valence-corrected chi connectivity index (χ4v) is 1.39. The quantitative estimate of drug-likeness (QED) is 0.793. The Balaban J connectivity index is 3.01. The Morgan fingerprint density at radius 3 is 2.58 bits per heavy atom. The third-order valence-corrected chi connectivity index (χ3v) is 2.03. The molecule has 1 unspecified atom stereocenters. The van der Waals surface area contributed by atoms with Crippen LogP contribution in [0.4, 0.5) is 4.39 Å². The van der Waals surface area contributed by atoms with E-state index in [1.807, 2.05) is 0 Å². The maximum Gasteiger partial charge on any atom is 0.120 e. The lowest BCUT2D eigenvalue weighted by Gasteiger charge is -2.08. The van der Waals surface area contributed by atoms with Gasteiger partial charge in [0.15, 0.2) is 0 Å². The van der Waals surface area contributed by atoms with Crippen LogP contribution in [-0.2, 0) is 0 Å². The van der Waals surface area contributed by atoms with E-state index in [-0.39, 0.29) is 5.02 Å². The number of aliphatic hydroxyl groups is 1. The van der Waals surface area contributed by atoms with Crippen molar-refractivity contribution in [3.05, 3.63) is 33.8 Å². The summed E-state index contributed by atoms with van der Waals surface area (Å²) in [6.45, 7) is -0.846. The van der Waals surface area contributed by atoms with Gasteiger partial charge in [-0.1, -0.05) is 29.3 Å². The summed E-state index contributed by atoms with van der Waals surface area (Å²) in [7, 11) is 0. The number of rotatable bonds is 2. The maximum absolute atomic E-state index is 12.0. The predicted octanol–water partition coefficient (Wildman–Crippen LogP) is 3.00. The van der Waals surface area contributed by atoms with Crippen molar-refractivity contribution in [1.82, 2.24) is 0 Å². The Bertz CT molecular complexity index is 278. The van der Waals surface area contributed by atoms with E-state index in [0.29, 0.717) is 10.6 Å². The molecular formula is C8H7Cl2FO. The molecular weight excluding hydrogens is 202 g/mol. The molecule has 1 N–H and O–H groups in total. The Labute approximate surface area is 79.7 Å². The molecule has 0 aliphatic carbocycles. The van der Waals surface area contributed by atoms with E-state index in [0.717, 1.165) is 0 Å². The minimum absolute atomic E-state index is 0.285. The minimum atomic E-state index is -1.16. The van der Waals surface area contributed by atoms with Crippen LogP contribution in [0.3, 0.4) is 0 Å². The van der Waals surface area contributed by atoms with Gasteiger partial charge in [0.25, 0.3) is 0 Å². The van der Waals surface area contributed by atoms with Gasteiger partial charge in [0, 0.05) is 15.6 Å². The van der Waals surface area contributed by atoms with Gasteiger partial charge < -0.3 is 5.11 Å². The number of hydrogen-bond donors (Lipinski definition) is 1. The third-order valence-electron chi connectivity index (χ3n) is 1.47. The number of benzene rings is 1. The summed E-state index contributed by atoms with van der Waals surface area (Å²) >= 11 is 11.3. The van der Waals surface area contributed by atoms with E-state index < -0.39 is 12.8 Å². The van der Waals surface area contributed by atoms with E-state index in [4.69, 9.17) is 28.3 Å². The molecule has 66 valence electrons. The van der Waals surface area contributed by atoms with Crippen LogP contribution in [0.2, 0.25) is 10.0 Å². The predicted molar refractivity (Wildman–Crippen MR) is 47.4 cm³/mol. The Morgan fingerprint density at radius 2 is 2.08 bits per heavy atom. The molecule has 0 aliphatic heterocycles. The van der Waals surface area contributed by atoms with Crippen LogP contribution in [0.5, 0.6) is 0 Å². The molecule has 0 saturated carbocycles. The van der Waals surface area contributed by atoms with Crippen molar-refractivity contribution in [3.8, 4) is 0 Å². The van der Waals surface area contributed by atoms with E-state index in [1.165, 1.54) is 12.1 Å². The van der Waals surface area contributed by atoms with Crippen molar-refractivity contribution in [3.63, 3.8) is 0 Å². The van der Waals surface area contributed by atoms with Crippen LogP contribution in [0, 0.1) is 0 Å². The van der Waals surface area contributed by atoms with Gasteiger partial charge in [-0.2, -0.15) is 0 Å². The molecule has 0 heterocycles. The lowest BCUT2D eigenvalue weighted by molar-refractivity contribution is 0.142. The second-order valence-corrected chi connectivity index (χ2v) is 3.18. The molecule has 0 aliphatic rings. The van der Waals surface area contributed by atoms with E-state index in [2.05, 4.69) is 0 Å². The van der Waals surface area contributed by atoms with Crippen molar-refractivity contribution in [2.75, 3.05) is 6.67 Å². The molecule has 1 aromatic rings. The highest BCUT2D eigenvalue weighted by atomic mass is 35.5. The summed E-state index contributed by atoms with van der Waals surface area (Å²) in [5, 5.41) is 9.85. The molecule has 1 rings (SSSR count). The highest BCUT2D eigenvalue weighted by molar-refractivity contribution is 6.35. The topological polar surface area (TPSA) is 20.2 Å². The maximum atomic E-state index is 12.0. The van der Waals surface area contributed by atoms with Crippen molar-refractivity contribution >= 4 is 23.2 Å². The zero-order valence-electron chi connectivity index (χ0n) is 6.10. The van der Waals surface area contributed by atoms with Gasteiger partial charge in [-0.15, -0.1) is 0 Å². The molecule has 0 radical (unpaired) electrons. The fraction of sp³-hybridized carbons (Fsp3) is 0.250. The van der Waals surface area contributed by atoms with Crippen LogP contribution in [0.25, 0.3) is 0 Å². The first-order valence-electron chi connectivity index (χ1n) is 3.34. The molecule has 0 bridgehead atoms. The molecule has 12 heavy (non-hydrogen) atoms. The van der Waals surface area contributed by atoms with Crippen molar-refractivity contribution in [1.29, 1.82) is 0 Å². The summed E-state index contributed by atoms with van der Waals surface area (Å²) in [4.78, 5) is 0. The van der Waals surface area contributed by atoms with Crippen molar-refractivity contribution in [2.24, 2.45) is 0 Å². The summed E-state index contributed by atoms with van der Waals surface area (Å²) in [6.07, 6.45) is -1.16. The highest BCUT2D eigenvalue weighted by Gasteiger charge is 2.10. The van der Waals surface area contributed by atoms with E-state index in [1.54, 1.807) is 6.07 Å². The van der Waals surface area contributed by atoms with E-state index >= 15 is 0 Å². The molecule has 1 nitrogen and oxygen atoms in total. The molecule has 0 saturated heterocycles. The molecule has 4 heteroatoms. The van der Waals surface area contributed by atoms with Gasteiger partial charge in [0.1, 0.15) is 12.8 Å². The lowest BCUT2D eigenvalue weighted by Crippen LogP contribution is -1.99. The second-order valence-electron chi connectivity index (χ2n) is 2.34. The SMILES string of the molecule is OC(CF)c1ccc(Cl)cc1Cl. The monoisotopic (exact) mass is 208 g/mol. The van der Waals surface area contributed by atoms with Gasteiger partial charge in [-0.05, 0) is 12.1 Å². The first-order chi connectivity index (χ1) is 5.65. The Morgan fingerprint density at radius 1 is 1.42 bits per heavy atom. The molecule has 1 atom stereocenters. The average Bonchev–Trinajstić information content (AvgIpc) is 2.03. The molecule has 0 aromatic heterocycles. The average molecular weight is 209 g/mol. The first-order valence-corrected chi connectivity index (χ1v) is 4.09. The number of alkyl halides is 1. The molecule has 0 fully saturated rings. The first kappa shape index (κ1) is 9.78. The summed E-state index contributed by atoms with van der Waals surface area (Å²) < 4.78 is 12.0. The van der Waals surface area contributed by atoms with E-state index in [9.17, 15) is 4.39 Å². The lowest BCUT2D eigenvalue weighted by atomic mass is 10.1. The Kier molecular flexibility index (Phi) is 3.32. The van der Waals surface area contributed by atoms with Crippen LogP contribution < -0.4 is 0 Å². The second kappa shape index (κ2) is 4.08. The van der Waals surface area contributed by atoms with Crippen LogP contribution >= 0.6 is 23.2 Å². The molecule has 0 spiro atoms. The van der Waals surface area contributed by atoms with Crippen LogP contribution in [-0.4, -0.2) is 11.8 Å². The molecule has 0 amide bonds. The smallest absolute Gasteiger partial charge is 0.120 e. The molecule has 1 aromatic carbocycles. The van der Waals surface area contributed by atoms with Gasteiger partial charge in [-0.3, -0.25) is 0 Å². The summed E-state index contributed by atoms with van der Waals surface area (Å²) in [6, 6.07) is 4.54. The minimum Gasteiger partial charge on any atom is -0.386 e. The third kappa shape index (κ3) is 2.09.